The first-order chi connectivity index (χ1) is 11.9. The van der Waals surface area contributed by atoms with E-state index < -0.39 is 0 Å². The van der Waals surface area contributed by atoms with E-state index in [1.54, 1.807) is 23.9 Å². The molecule has 0 radical (unpaired) electrons. The Bertz CT molecular complexity index is 807. The van der Waals surface area contributed by atoms with Crippen molar-refractivity contribution in [1.29, 1.82) is 0 Å². The van der Waals surface area contributed by atoms with Crippen molar-refractivity contribution in [2.24, 2.45) is 0 Å². The zero-order valence-electron chi connectivity index (χ0n) is 15.0. The van der Waals surface area contributed by atoms with Crippen molar-refractivity contribution in [3.05, 3.63) is 83.1 Å². The average molecular weight is 353 g/mol. The molecule has 0 aliphatic heterocycles. The number of nitrogens with one attached hydrogen (secondary N) is 1. The van der Waals surface area contributed by atoms with Gasteiger partial charge in [-0.1, -0.05) is 37.1 Å². The highest BCUT2D eigenvalue weighted by atomic mass is 32.2. The highest BCUT2D eigenvalue weighted by Gasteiger charge is 2.08. The van der Waals surface area contributed by atoms with Crippen molar-refractivity contribution in [2.45, 2.75) is 27.3 Å². The van der Waals surface area contributed by atoms with E-state index in [4.69, 9.17) is 0 Å². The average Bonchev–Trinajstić information content (AvgIpc) is 2.60. The third kappa shape index (κ3) is 5.54. The van der Waals surface area contributed by atoms with Gasteiger partial charge in [-0.25, -0.2) is 0 Å². The third-order valence-corrected chi connectivity index (χ3v) is 4.80. The summed E-state index contributed by atoms with van der Waals surface area (Å²) in [5.74, 6) is 0.201. The van der Waals surface area contributed by atoms with Crippen molar-refractivity contribution in [1.82, 2.24) is 10.3 Å². The Labute approximate surface area is 154 Å². The van der Waals surface area contributed by atoms with E-state index in [1.807, 2.05) is 51.2 Å². The summed E-state index contributed by atoms with van der Waals surface area (Å²) in [4.78, 5) is 6.34. The molecule has 0 fully saturated rings. The van der Waals surface area contributed by atoms with Crippen LogP contribution in [0.1, 0.15) is 36.2 Å². The van der Waals surface area contributed by atoms with Crippen LogP contribution in [0.4, 0.5) is 0 Å². The second-order valence-electron chi connectivity index (χ2n) is 5.83. The van der Waals surface area contributed by atoms with Gasteiger partial charge in [0.15, 0.2) is 0 Å². The number of hydrogen-bond donors (Lipinski definition) is 2. The molecule has 0 spiro atoms. The van der Waals surface area contributed by atoms with Crippen LogP contribution in [0.2, 0.25) is 0 Å². The molecule has 2 aromatic rings. The lowest BCUT2D eigenvalue weighted by Crippen LogP contribution is -2.11. The highest BCUT2D eigenvalue weighted by Crippen LogP contribution is 2.34. The summed E-state index contributed by atoms with van der Waals surface area (Å²) in [6, 6.07) is 9.43. The lowest BCUT2D eigenvalue weighted by Gasteiger charge is -2.13. The van der Waals surface area contributed by atoms with Gasteiger partial charge in [0, 0.05) is 34.6 Å². The van der Waals surface area contributed by atoms with Gasteiger partial charge < -0.3 is 10.4 Å². The summed E-state index contributed by atoms with van der Waals surface area (Å²) >= 11 is 1.59. The molecule has 0 bridgehead atoms. The molecule has 0 amide bonds. The van der Waals surface area contributed by atoms with Crippen molar-refractivity contribution in [3.63, 3.8) is 0 Å². The van der Waals surface area contributed by atoms with Crippen LogP contribution < -0.4 is 5.32 Å². The van der Waals surface area contributed by atoms with Crippen LogP contribution in [0.5, 0.6) is 5.75 Å². The fourth-order valence-corrected chi connectivity index (χ4v) is 2.91. The third-order valence-electron chi connectivity index (χ3n) is 3.76. The number of thioether (sulfide) groups is 1. The van der Waals surface area contributed by atoms with Gasteiger partial charge in [0.25, 0.3) is 0 Å². The Morgan fingerprint density at radius 1 is 1.24 bits per heavy atom. The smallest absolute Gasteiger partial charge is 0.116 e. The monoisotopic (exact) mass is 352 g/mol. The minimum absolute atomic E-state index is 0.201. The van der Waals surface area contributed by atoms with E-state index in [9.17, 15) is 5.11 Å². The largest absolute Gasteiger partial charge is 0.508 e. The molecule has 0 saturated heterocycles. The van der Waals surface area contributed by atoms with E-state index in [1.165, 1.54) is 4.91 Å². The zero-order valence-corrected chi connectivity index (χ0v) is 15.8. The number of phenols is 1. The number of rotatable bonds is 7. The maximum absolute atomic E-state index is 10.1. The van der Waals surface area contributed by atoms with Crippen LogP contribution in [0, 0.1) is 6.92 Å². The summed E-state index contributed by atoms with van der Waals surface area (Å²) in [5.41, 5.74) is 4.55. The van der Waals surface area contributed by atoms with E-state index in [-0.39, 0.29) is 5.75 Å². The molecule has 0 aliphatic carbocycles. The first kappa shape index (κ1) is 18.9. The molecule has 2 rings (SSSR count). The van der Waals surface area contributed by atoms with Crippen molar-refractivity contribution >= 4 is 22.4 Å². The molecule has 0 unspecified atom stereocenters. The lowest BCUT2D eigenvalue weighted by molar-refractivity contribution is 0.475. The molecule has 130 valence electrons. The summed E-state index contributed by atoms with van der Waals surface area (Å²) in [6.07, 6.45) is 3.89. The van der Waals surface area contributed by atoms with E-state index in [0.717, 1.165) is 33.0 Å². The Morgan fingerprint density at radius 3 is 2.60 bits per heavy atom. The first-order valence-electron chi connectivity index (χ1n) is 8.08. The zero-order chi connectivity index (χ0) is 18.4. The van der Waals surface area contributed by atoms with E-state index in [0.29, 0.717) is 6.54 Å². The molecule has 0 saturated carbocycles. The van der Waals surface area contributed by atoms with Crippen molar-refractivity contribution in [3.8, 4) is 5.75 Å². The number of aryl methyl sites for hydroxylation is 1. The molecule has 3 nitrogen and oxygen atoms in total. The Morgan fingerprint density at radius 2 is 1.96 bits per heavy atom. The maximum atomic E-state index is 10.1. The number of aromatic hydroxyl groups is 1. The standard InChI is InChI=1S/C21H24N2OS/c1-6-15(3)25-17(5)20-9-19(10-21(24)11-20)16(4)23-13-18-8-7-14(2)22-12-18/h6-12,23-24H,4-5,13H2,1-3H3/b15-6-. The quantitative estimate of drug-likeness (QED) is 0.692. The van der Waals surface area contributed by atoms with Crippen molar-refractivity contribution < 1.29 is 5.11 Å². The molecule has 1 aromatic carbocycles. The topological polar surface area (TPSA) is 45.2 Å². The molecule has 2 N–H and O–H groups in total. The van der Waals surface area contributed by atoms with E-state index in [2.05, 4.69) is 23.5 Å². The highest BCUT2D eigenvalue weighted by molar-refractivity contribution is 8.11. The Kier molecular flexibility index (Phi) is 6.48. The predicted octanol–water partition coefficient (Wildman–Crippen LogP) is 5.48. The number of phenolic OH excluding ortho intramolecular Hbond substituents is 1. The minimum Gasteiger partial charge on any atom is -0.508 e. The first-order valence-corrected chi connectivity index (χ1v) is 8.89. The second-order valence-corrected chi connectivity index (χ2v) is 7.17. The summed E-state index contributed by atoms with van der Waals surface area (Å²) < 4.78 is 0. The molecule has 1 heterocycles. The molecule has 25 heavy (non-hydrogen) atoms. The summed E-state index contributed by atoms with van der Waals surface area (Å²) in [6.45, 7) is 14.8. The molecule has 0 aliphatic rings. The number of nitrogens with zero attached hydrogens (tertiary/aromatic N) is 1. The molecule has 4 heteroatoms. The summed E-state index contributed by atoms with van der Waals surface area (Å²) in [7, 11) is 0. The predicted molar refractivity (Wildman–Crippen MR) is 109 cm³/mol. The number of pyridine rings is 1. The van der Waals surface area contributed by atoms with Gasteiger partial charge in [-0.2, -0.15) is 0 Å². The van der Waals surface area contributed by atoms with Gasteiger partial charge >= 0.3 is 0 Å². The molecular weight excluding hydrogens is 328 g/mol. The molecule has 0 atom stereocenters. The normalized spacial score (nSPS) is 11.2. The van der Waals surface area contributed by atoms with Crippen LogP contribution in [0.25, 0.3) is 10.6 Å². The van der Waals surface area contributed by atoms with Gasteiger partial charge in [-0.05, 0) is 61.1 Å². The van der Waals surface area contributed by atoms with Crippen LogP contribution in [-0.2, 0) is 6.54 Å². The van der Waals surface area contributed by atoms with Crippen molar-refractivity contribution in [2.75, 3.05) is 0 Å². The maximum Gasteiger partial charge on any atom is 0.116 e. The fourth-order valence-electron chi connectivity index (χ4n) is 2.17. The second kappa shape index (κ2) is 8.58. The summed E-state index contributed by atoms with van der Waals surface area (Å²) in [5, 5.41) is 13.3. The number of aromatic nitrogens is 1. The molecular formula is C21H24N2OS. The van der Waals surface area contributed by atoms with Gasteiger partial charge in [0.05, 0.1) is 0 Å². The van der Waals surface area contributed by atoms with E-state index >= 15 is 0 Å². The van der Waals surface area contributed by atoms with Crippen LogP contribution in [0.3, 0.4) is 0 Å². The minimum atomic E-state index is 0.201. The van der Waals surface area contributed by atoms with Crippen LogP contribution in [0.15, 0.2) is 60.7 Å². The lowest BCUT2D eigenvalue weighted by atomic mass is 10.1. The fraction of sp³-hybridized carbons (Fsp3) is 0.190. The number of benzene rings is 1. The van der Waals surface area contributed by atoms with Crippen LogP contribution in [-0.4, -0.2) is 10.1 Å². The van der Waals surface area contributed by atoms with Gasteiger partial charge in [-0.3, -0.25) is 4.98 Å². The number of allylic oxidation sites excluding steroid dienone is 2. The van der Waals surface area contributed by atoms with Gasteiger partial charge in [0.1, 0.15) is 5.75 Å². The Balaban J connectivity index is 2.11. The van der Waals surface area contributed by atoms with Gasteiger partial charge in [0.2, 0.25) is 0 Å². The Hall–Kier alpha value is -2.46. The number of hydrogen-bond acceptors (Lipinski definition) is 4. The van der Waals surface area contributed by atoms with Crippen LogP contribution >= 0.6 is 11.8 Å². The molecule has 1 aromatic heterocycles. The van der Waals surface area contributed by atoms with Gasteiger partial charge in [-0.15, -0.1) is 0 Å². The SMILES string of the molecule is C=C(NCc1ccc(C)nc1)c1cc(O)cc(C(=C)S/C(C)=C\C)c1.